The minimum atomic E-state index is -0.507. The number of benzene rings is 1. The predicted octanol–water partition coefficient (Wildman–Crippen LogP) is 0.769. The first-order valence-corrected chi connectivity index (χ1v) is 4.35. The number of nitrogens with one attached hydrogen (secondary N) is 1. The molecule has 3 nitrogen and oxygen atoms in total. The topological polar surface area (TPSA) is 46.2 Å². The van der Waals surface area contributed by atoms with Gasteiger partial charge in [0, 0.05) is 12.1 Å². The van der Waals surface area contributed by atoms with Crippen LogP contribution in [0, 0.1) is 0 Å². The molecule has 0 atom stereocenters. The van der Waals surface area contributed by atoms with Gasteiger partial charge in [-0.15, -0.1) is 0 Å². The van der Waals surface area contributed by atoms with Crippen molar-refractivity contribution in [2.45, 2.75) is 0 Å². The van der Waals surface area contributed by atoms with Gasteiger partial charge >= 0.3 is 0 Å². The fourth-order valence-electron chi connectivity index (χ4n) is 1.35. The third-order valence-electron chi connectivity index (χ3n) is 2.08. The molecule has 3 heteroatoms. The van der Waals surface area contributed by atoms with Crippen LogP contribution >= 0.6 is 0 Å². The first-order chi connectivity index (χ1) is 6.77. The highest BCUT2D eigenvalue weighted by Crippen LogP contribution is 2.10. The van der Waals surface area contributed by atoms with Crippen molar-refractivity contribution >= 4 is 17.8 Å². The summed E-state index contributed by atoms with van der Waals surface area (Å²) in [6, 6.07) is 9.47. The molecule has 0 unspecified atom stereocenters. The molecule has 1 saturated heterocycles. The normalized spacial score (nSPS) is 18.7. The second-order valence-corrected chi connectivity index (χ2v) is 3.09. The molecular weight excluding hydrogens is 178 g/mol. The van der Waals surface area contributed by atoms with E-state index < -0.39 is 11.7 Å². The molecule has 0 bridgehead atoms. The minimum Gasteiger partial charge on any atom is -0.345 e. The minimum absolute atomic E-state index is 0.340. The number of carbonyl (C=O) groups excluding carboxylic acids is 2. The maximum Gasteiger partial charge on any atom is 0.292 e. The monoisotopic (exact) mass is 187 g/mol. The molecule has 1 aliphatic rings. The van der Waals surface area contributed by atoms with Gasteiger partial charge in [-0.3, -0.25) is 9.59 Å². The van der Waals surface area contributed by atoms with Crippen molar-refractivity contribution in [1.82, 2.24) is 5.32 Å². The van der Waals surface area contributed by atoms with Crippen molar-refractivity contribution in [3.8, 4) is 0 Å². The Morgan fingerprint density at radius 3 is 2.43 bits per heavy atom. The van der Waals surface area contributed by atoms with Gasteiger partial charge in [0.05, 0.1) is 0 Å². The number of carbonyl (C=O) groups is 2. The Morgan fingerprint density at radius 2 is 1.86 bits per heavy atom. The first kappa shape index (κ1) is 8.69. The molecule has 1 fully saturated rings. The Morgan fingerprint density at radius 1 is 1.14 bits per heavy atom. The van der Waals surface area contributed by atoms with E-state index in [1.165, 1.54) is 0 Å². The van der Waals surface area contributed by atoms with Gasteiger partial charge in [-0.1, -0.05) is 30.3 Å². The van der Waals surface area contributed by atoms with Gasteiger partial charge in [0.1, 0.15) is 0 Å². The number of hydrogen-bond donors (Lipinski definition) is 1. The van der Waals surface area contributed by atoms with Gasteiger partial charge in [-0.25, -0.2) is 0 Å². The van der Waals surface area contributed by atoms with Crippen LogP contribution in [-0.2, 0) is 9.59 Å². The molecule has 70 valence electrons. The van der Waals surface area contributed by atoms with Gasteiger partial charge in [0.25, 0.3) is 5.91 Å². The summed E-state index contributed by atoms with van der Waals surface area (Å²) in [5.74, 6) is -0.930. The first-order valence-electron chi connectivity index (χ1n) is 4.35. The standard InChI is InChI=1S/C11H9NO2/c13-10-9(7-12-11(10)14)6-8-4-2-1-3-5-8/h1-6H,7H2,(H,12,14). The van der Waals surface area contributed by atoms with E-state index in [4.69, 9.17) is 0 Å². The second kappa shape index (κ2) is 3.46. The smallest absolute Gasteiger partial charge is 0.292 e. The zero-order valence-electron chi connectivity index (χ0n) is 7.49. The quantitative estimate of drug-likeness (QED) is 0.521. The van der Waals surface area contributed by atoms with Gasteiger partial charge in [-0.05, 0) is 11.6 Å². The fourth-order valence-corrected chi connectivity index (χ4v) is 1.35. The van der Waals surface area contributed by atoms with Crippen LogP contribution in [0.3, 0.4) is 0 Å². The summed E-state index contributed by atoms with van der Waals surface area (Å²) in [4.78, 5) is 22.1. The van der Waals surface area contributed by atoms with Crippen LogP contribution in [0.4, 0.5) is 0 Å². The van der Waals surface area contributed by atoms with Crippen LogP contribution in [0.15, 0.2) is 35.9 Å². The van der Waals surface area contributed by atoms with Crippen molar-refractivity contribution < 1.29 is 9.59 Å². The lowest BCUT2D eigenvalue weighted by atomic mass is 10.1. The van der Waals surface area contributed by atoms with Crippen molar-refractivity contribution in [3.63, 3.8) is 0 Å². The Kier molecular flexibility index (Phi) is 2.14. The summed E-state index contributed by atoms with van der Waals surface area (Å²) in [6.07, 6.45) is 1.74. The molecule has 1 aromatic rings. The molecule has 0 aromatic heterocycles. The number of Topliss-reactive ketones (excluding diaryl/α,β-unsaturated/α-hetero) is 1. The molecule has 0 spiro atoms. The average molecular weight is 187 g/mol. The van der Waals surface area contributed by atoms with Crippen LogP contribution in [0.25, 0.3) is 6.08 Å². The van der Waals surface area contributed by atoms with Gasteiger partial charge in [-0.2, -0.15) is 0 Å². The number of rotatable bonds is 1. The fraction of sp³-hybridized carbons (Fsp3) is 0.0909. The molecule has 0 radical (unpaired) electrons. The van der Waals surface area contributed by atoms with Crippen LogP contribution < -0.4 is 5.32 Å². The van der Waals surface area contributed by atoms with Crippen LogP contribution in [0.1, 0.15) is 5.56 Å². The maximum absolute atomic E-state index is 11.2. The van der Waals surface area contributed by atoms with Gasteiger partial charge in [0.2, 0.25) is 5.78 Å². The van der Waals surface area contributed by atoms with E-state index in [9.17, 15) is 9.59 Å². The molecule has 1 N–H and O–H groups in total. The van der Waals surface area contributed by atoms with Crippen molar-refractivity contribution in [2.24, 2.45) is 0 Å². The molecule has 14 heavy (non-hydrogen) atoms. The summed E-state index contributed by atoms with van der Waals surface area (Å²) in [5.41, 5.74) is 1.47. The van der Waals surface area contributed by atoms with Gasteiger partial charge < -0.3 is 5.32 Å². The molecule has 0 aliphatic carbocycles. The SMILES string of the molecule is O=C1NCC(=Cc2ccccc2)C1=O. The summed E-state index contributed by atoms with van der Waals surface area (Å²) in [7, 11) is 0. The lowest BCUT2D eigenvalue weighted by Gasteiger charge is -1.93. The van der Waals surface area contributed by atoms with E-state index in [-0.39, 0.29) is 0 Å². The molecule has 0 saturated carbocycles. The Labute approximate surface area is 81.4 Å². The Bertz CT molecular complexity index is 407. The average Bonchev–Trinajstić information content (AvgIpc) is 2.52. The molecule has 2 rings (SSSR count). The predicted molar refractivity (Wildman–Crippen MR) is 52.4 cm³/mol. The zero-order chi connectivity index (χ0) is 9.97. The summed E-state index contributed by atoms with van der Waals surface area (Å²) < 4.78 is 0. The maximum atomic E-state index is 11.2. The lowest BCUT2D eigenvalue weighted by molar-refractivity contribution is -0.133. The third-order valence-corrected chi connectivity index (χ3v) is 2.08. The van der Waals surface area contributed by atoms with E-state index in [0.717, 1.165) is 5.56 Å². The number of amides is 1. The molecule has 1 amide bonds. The number of ketones is 1. The highest BCUT2D eigenvalue weighted by Gasteiger charge is 2.25. The molecular formula is C11H9NO2. The zero-order valence-corrected chi connectivity index (χ0v) is 7.49. The largest absolute Gasteiger partial charge is 0.345 e. The highest BCUT2D eigenvalue weighted by molar-refractivity contribution is 6.46. The molecule has 1 aliphatic heterocycles. The van der Waals surface area contributed by atoms with E-state index in [0.29, 0.717) is 12.1 Å². The summed E-state index contributed by atoms with van der Waals surface area (Å²) >= 11 is 0. The lowest BCUT2D eigenvalue weighted by Crippen LogP contribution is -2.18. The van der Waals surface area contributed by atoms with Crippen molar-refractivity contribution in [1.29, 1.82) is 0 Å². The van der Waals surface area contributed by atoms with Crippen molar-refractivity contribution in [3.05, 3.63) is 41.5 Å². The van der Waals surface area contributed by atoms with E-state index in [2.05, 4.69) is 5.32 Å². The Balaban J connectivity index is 2.28. The van der Waals surface area contributed by atoms with E-state index in [1.54, 1.807) is 6.08 Å². The van der Waals surface area contributed by atoms with E-state index in [1.807, 2.05) is 30.3 Å². The molecule has 1 aromatic carbocycles. The van der Waals surface area contributed by atoms with Crippen LogP contribution in [-0.4, -0.2) is 18.2 Å². The second-order valence-electron chi connectivity index (χ2n) is 3.09. The highest BCUT2D eigenvalue weighted by atomic mass is 16.2. The summed E-state index contributed by atoms with van der Waals surface area (Å²) in [6.45, 7) is 0.340. The van der Waals surface area contributed by atoms with Gasteiger partial charge in [0.15, 0.2) is 0 Å². The van der Waals surface area contributed by atoms with Crippen molar-refractivity contribution in [2.75, 3.05) is 6.54 Å². The van der Waals surface area contributed by atoms with E-state index >= 15 is 0 Å². The third kappa shape index (κ3) is 1.57. The van der Waals surface area contributed by atoms with Crippen LogP contribution in [0.5, 0.6) is 0 Å². The summed E-state index contributed by atoms with van der Waals surface area (Å²) in [5, 5.41) is 2.48. The number of hydrogen-bond acceptors (Lipinski definition) is 2. The Hall–Kier alpha value is -1.90. The molecule has 1 heterocycles. The van der Waals surface area contributed by atoms with Crippen LogP contribution in [0.2, 0.25) is 0 Å².